The monoisotopic (exact) mass is 129 g/mol. The molecule has 0 aromatic carbocycles. The van der Waals surface area contributed by atoms with Crippen molar-refractivity contribution >= 4 is 8.80 Å². The minimum atomic E-state index is -0.484. The lowest BCUT2D eigenvalue weighted by Crippen LogP contribution is -2.06. The van der Waals surface area contributed by atoms with Crippen molar-refractivity contribution in [3.05, 3.63) is 11.4 Å². The van der Waals surface area contributed by atoms with Crippen molar-refractivity contribution in [1.82, 2.24) is 5.32 Å². The summed E-state index contributed by atoms with van der Waals surface area (Å²) in [5.41, 5.74) is 0. The third-order valence-corrected chi connectivity index (χ3v) is 3.27. The predicted molar refractivity (Wildman–Crippen MR) is 41.7 cm³/mol. The van der Waals surface area contributed by atoms with E-state index in [1.54, 1.807) is 0 Å². The zero-order chi connectivity index (χ0) is 6.57. The minimum Gasteiger partial charge on any atom is -0.394 e. The highest BCUT2D eigenvalue weighted by Gasteiger charge is 1.94. The quantitative estimate of drug-likeness (QED) is 0.551. The molecular weight excluding hydrogens is 114 g/mol. The van der Waals surface area contributed by atoms with Crippen LogP contribution in [-0.2, 0) is 0 Å². The highest BCUT2D eigenvalue weighted by molar-refractivity contribution is 6.63. The molecule has 0 unspecified atom stereocenters. The van der Waals surface area contributed by atoms with Crippen molar-refractivity contribution < 1.29 is 0 Å². The van der Waals surface area contributed by atoms with Crippen molar-refractivity contribution in [3.8, 4) is 0 Å². The van der Waals surface area contributed by atoms with E-state index in [4.69, 9.17) is 0 Å². The highest BCUT2D eigenvalue weighted by atomic mass is 28.3. The van der Waals surface area contributed by atoms with Gasteiger partial charge < -0.3 is 5.32 Å². The summed E-state index contributed by atoms with van der Waals surface area (Å²) in [7, 11) is 1.46. The minimum absolute atomic E-state index is 0.484. The van der Waals surface area contributed by atoms with Gasteiger partial charge in [0, 0.05) is 7.05 Å². The summed E-state index contributed by atoms with van der Waals surface area (Å²) < 4.78 is 0. The Morgan fingerprint density at radius 2 is 2.00 bits per heavy atom. The number of hydrogen-bond acceptors (Lipinski definition) is 1. The average Bonchev–Trinajstić information content (AvgIpc) is 1.67. The zero-order valence-corrected chi connectivity index (χ0v) is 7.31. The lowest BCUT2D eigenvalue weighted by molar-refractivity contribution is 1.09. The van der Waals surface area contributed by atoms with Crippen LogP contribution in [-0.4, -0.2) is 15.8 Å². The summed E-state index contributed by atoms with van der Waals surface area (Å²) in [6.07, 6.45) is 2.09. The summed E-state index contributed by atoms with van der Waals surface area (Å²) in [6, 6.07) is 0. The van der Waals surface area contributed by atoms with Crippen LogP contribution >= 0.6 is 0 Å². The molecule has 0 heterocycles. The molecule has 0 atom stereocenters. The third kappa shape index (κ3) is 2.85. The zero-order valence-electron chi connectivity index (χ0n) is 6.15. The largest absolute Gasteiger partial charge is 0.394 e. The first kappa shape index (κ1) is 7.76. The molecule has 0 radical (unpaired) electrons. The van der Waals surface area contributed by atoms with Gasteiger partial charge in [-0.25, -0.2) is 0 Å². The normalized spacial score (nSPS) is 12.4. The average molecular weight is 129 g/mol. The molecule has 0 fully saturated rings. The molecular formula is C6H15NSi. The van der Waals surface area contributed by atoms with Gasteiger partial charge in [-0.3, -0.25) is 0 Å². The van der Waals surface area contributed by atoms with Crippen molar-refractivity contribution in [3.63, 3.8) is 0 Å². The smallest absolute Gasteiger partial charge is 0.0610 e. The molecule has 0 saturated heterocycles. The van der Waals surface area contributed by atoms with Gasteiger partial charge in [0.1, 0.15) is 0 Å². The van der Waals surface area contributed by atoms with Gasteiger partial charge >= 0.3 is 0 Å². The van der Waals surface area contributed by atoms with Crippen LogP contribution in [0.1, 0.15) is 6.92 Å². The molecule has 1 N–H and O–H groups in total. The molecule has 0 bridgehead atoms. The molecule has 0 amide bonds. The second-order valence-electron chi connectivity index (χ2n) is 2.33. The van der Waals surface area contributed by atoms with E-state index in [0.717, 1.165) is 0 Å². The van der Waals surface area contributed by atoms with Gasteiger partial charge in [-0.15, -0.1) is 0 Å². The molecule has 0 aromatic heterocycles. The summed E-state index contributed by atoms with van der Waals surface area (Å²) in [5, 5.41) is 4.56. The number of nitrogens with one attached hydrogen (secondary N) is 1. The number of hydrogen-bond donors (Lipinski definition) is 1. The van der Waals surface area contributed by atoms with Gasteiger partial charge in [-0.2, -0.15) is 0 Å². The number of rotatable bonds is 2. The Kier molecular flexibility index (Phi) is 3.61. The molecule has 0 rings (SSSR count). The van der Waals surface area contributed by atoms with Crippen LogP contribution < -0.4 is 5.32 Å². The summed E-state index contributed by atoms with van der Waals surface area (Å²) >= 11 is 0. The van der Waals surface area contributed by atoms with Crippen molar-refractivity contribution in [2.75, 3.05) is 7.05 Å². The topological polar surface area (TPSA) is 12.0 Å². The van der Waals surface area contributed by atoms with Gasteiger partial charge in [-0.1, -0.05) is 18.3 Å². The Labute approximate surface area is 53.4 Å². The van der Waals surface area contributed by atoms with Crippen LogP contribution in [0.4, 0.5) is 0 Å². The maximum atomic E-state index is 3.02. The Morgan fingerprint density at radius 1 is 1.50 bits per heavy atom. The molecule has 8 heavy (non-hydrogen) atoms. The van der Waals surface area contributed by atoms with Crippen molar-refractivity contribution in [1.29, 1.82) is 0 Å². The Morgan fingerprint density at radius 3 is 2.12 bits per heavy atom. The first-order chi connectivity index (χ1) is 3.68. The van der Waals surface area contributed by atoms with E-state index in [-0.39, 0.29) is 0 Å². The first-order valence-corrected chi connectivity index (χ1v) is 5.91. The molecule has 0 aromatic rings. The fraction of sp³-hybridized carbons (Fsp3) is 0.667. The van der Waals surface area contributed by atoms with E-state index in [1.165, 1.54) is 5.20 Å². The van der Waals surface area contributed by atoms with Gasteiger partial charge in [0.05, 0.1) is 8.80 Å². The number of allylic oxidation sites excluding steroid dienone is 1. The second-order valence-corrected chi connectivity index (χ2v) is 5.55. The summed E-state index contributed by atoms with van der Waals surface area (Å²) in [5.74, 6) is 0. The van der Waals surface area contributed by atoms with Crippen LogP contribution in [0.3, 0.4) is 0 Å². The van der Waals surface area contributed by atoms with Crippen LogP contribution in [0.25, 0.3) is 0 Å². The van der Waals surface area contributed by atoms with E-state index in [1.807, 2.05) is 7.05 Å². The Balaban J connectivity index is 3.61. The maximum Gasteiger partial charge on any atom is 0.0610 e. The van der Waals surface area contributed by atoms with Gasteiger partial charge in [-0.05, 0) is 13.1 Å². The van der Waals surface area contributed by atoms with E-state index in [2.05, 4.69) is 31.5 Å². The summed E-state index contributed by atoms with van der Waals surface area (Å²) in [4.78, 5) is 0. The Bertz CT molecular complexity index is 86.5. The van der Waals surface area contributed by atoms with E-state index >= 15 is 0 Å². The second kappa shape index (κ2) is 3.72. The lowest BCUT2D eigenvalue weighted by atomic mass is 10.7. The van der Waals surface area contributed by atoms with Gasteiger partial charge in [0.25, 0.3) is 0 Å². The van der Waals surface area contributed by atoms with E-state index in [9.17, 15) is 0 Å². The van der Waals surface area contributed by atoms with Crippen molar-refractivity contribution in [2.45, 2.75) is 20.0 Å². The van der Waals surface area contributed by atoms with Crippen molar-refractivity contribution in [2.24, 2.45) is 0 Å². The summed E-state index contributed by atoms with van der Waals surface area (Å²) in [6.45, 7) is 6.83. The predicted octanol–water partition coefficient (Wildman–Crippen LogP) is 1.14. The fourth-order valence-corrected chi connectivity index (χ4v) is 0.894. The molecule has 2 heteroatoms. The molecule has 0 aliphatic heterocycles. The Hall–Kier alpha value is -0.243. The fourth-order valence-electron chi connectivity index (χ4n) is 0.394. The lowest BCUT2D eigenvalue weighted by Gasteiger charge is -2.00. The van der Waals surface area contributed by atoms with Crippen LogP contribution in [0.2, 0.25) is 13.1 Å². The van der Waals surface area contributed by atoms with E-state index < -0.39 is 8.80 Å². The standard InChI is InChI=1S/C6H15NSi/c1-6(5-7-2)8(3)4/h5,7-8H,1-4H3/b6-5+. The first-order valence-electron chi connectivity index (χ1n) is 3.02. The molecule has 1 nitrogen and oxygen atoms in total. The highest BCUT2D eigenvalue weighted by Crippen LogP contribution is 1.95. The van der Waals surface area contributed by atoms with E-state index in [0.29, 0.717) is 0 Å². The van der Waals surface area contributed by atoms with Crippen LogP contribution in [0.5, 0.6) is 0 Å². The van der Waals surface area contributed by atoms with Crippen LogP contribution in [0, 0.1) is 0 Å². The van der Waals surface area contributed by atoms with Gasteiger partial charge in [0.15, 0.2) is 0 Å². The SMILES string of the molecule is CN/C=C(\C)[SiH](C)C. The molecule has 0 saturated carbocycles. The van der Waals surface area contributed by atoms with Crippen LogP contribution in [0.15, 0.2) is 11.4 Å². The molecule has 0 aliphatic carbocycles. The molecule has 48 valence electrons. The van der Waals surface area contributed by atoms with Gasteiger partial charge in [0.2, 0.25) is 0 Å². The maximum absolute atomic E-state index is 3.02. The molecule has 0 spiro atoms. The third-order valence-electron chi connectivity index (χ3n) is 1.28. The molecule has 0 aliphatic rings.